The molecule has 0 radical (unpaired) electrons. The Bertz CT molecular complexity index is 137. The van der Waals surface area contributed by atoms with Gasteiger partial charge in [0.25, 0.3) is 0 Å². The van der Waals surface area contributed by atoms with Crippen molar-refractivity contribution >= 4 is 0 Å². The molecule has 3 heteroatoms. The summed E-state index contributed by atoms with van der Waals surface area (Å²) >= 11 is 0. The summed E-state index contributed by atoms with van der Waals surface area (Å²) < 4.78 is 0.927. The lowest BCUT2D eigenvalue weighted by Crippen LogP contribution is -2.43. The van der Waals surface area contributed by atoms with Gasteiger partial charge in [0.2, 0.25) is 0 Å². The predicted octanol–water partition coefficient (Wildman–Crippen LogP) is 0.787. The average molecular weight is 203 g/mol. The molecule has 0 bridgehead atoms. The summed E-state index contributed by atoms with van der Waals surface area (Å²) in [5.74, 6) is 0. The lowest BCUT2D eigenvalue weighted by Gasteiger charge is -2.29. The van der Waals surface area contributed by atoms with E-state index < -0.39 is 0 Å². The minimum absolute atomic E-state index is 0.289. The van der Waals surface area contributed by atoms with Gasteiger partial charge in [-0.15, -0.1) is 0 Å². The molecule has 0 unspecified atom stereocenters. The average Bonchev–Trinajstić information content (AvgIpc) is 2.03. The van der Waals surface area contributed by atoms with Crippen molar-refractivity contribution in [2.75, 3.05) is 53.9 Å². The van der Waals surface area contributed by atoms with Crippen LogP contribution >= 0.6 is 0 Å². The van der Waals surface area contributed by atoms with E-state index in [0.717, 1.165) is 17.6 Å². The van der Waals surface area contributed by atoms with Crippen molar-refractivity contribution in [2.45, 2.75) is 19.8 Å². The summed E-state index contributed by atoms with van der Waals surface area (Å²) in [5, 5.41) is 8.87. The second kappa shape index (κ2) is 7.21. The molecular formula is C11H27N2O+. The number of nitrogens with zero attached hydrogens (tertiary/aromatic N) is 2. The van der Waals surface area contributed by atoms with Crippen LogP contribution < -0.4 is 0 Å². The maximum absolute atomic E-state index is 8.87. The number of hydrogen-bond donors (Lipinski definition) is 1. The Hall–Kier alpha value is -0.120. The quantitative estimate of drug-likeness (QED) is 0.590. The highest BCUT2D eigenvalue weighted by Gasteiger charge is 2.13. The van der Waals surface area contributed by atoms with Crippen molar-refractivity contribution < 1.29 is 9.59 Å². The van der Waals surface area contributed by atoms with Crippen LogP contribution in [0.15, 0.2) is 0 Å². The fourth-order valence-electron chi connectivity index (χ4n) is 1.64. The molecule has 0 aliphatic heterocycles. The van der Waals surface area contributed by atoms with Crippen molar-refractivity contribution in [3.05, 3.63) is 0 Å². The van der Waals surface area contributed by atoms with Crippen LogP contribution in [-0.2, 0) is 0 Å². The summed E-state index contributed by atoms with van der Waals surface area (Å²) in [6.45, 7) is 6.86. The fraction of sp³-hybridized carbons (Fsp3) is 1.00. The highest BCUT2D eigenvalue weighted by Crippen LogP contribution is 1.99. The van der Waals surface area contributed by atoms with Crippen LogP contribution in [0, 0.1) is 0 Å². The van der Waals surface area contributed by atoms with Crippen molar-refractivity contribution in [3.63, 3.8) is 0 Å². The predicted molar refractivity (Wildman–Crippen MR) is 61.3 cm³/mol. The van der Waals surface area contributed by atoms with Gasteiger partial charge in [0.15, 0.2) is 0 Å². The molecule has 0 saturated carbocycles. The van der Waals surface area contributed by atoms with E-state index in [-0.39, 0.29) is 6.61 Å². The van der Waals surface area contributed by atoms with Gasteiger partial charge in [0, 0.05) is 13.0 Å². The molecule has 0 fully saturated rings. The Morgan fingerprint density at radius 1 is 1.14 bits per heavy atom. The summed E-state index contributed by atoms with van der Waals surface area (Å²) in [6.07, 6.45) is 2.44. The van der Waals surface area contributed by atoms with Gasteiger partial charge in [-0.1, -0.05) is 6.92 Å². The molecule has 0 aliphatic rings. The molecular weight excluding hydrogens is 176 g/mol. The normalized spacial score (nSPS) is 12.4. The monoisotopic (exact) mass is 203 g/mol. The van der Waals surface area contributed by atoms with E-state index in [2.05, 4.69) is 33.0 Å². The van der Waals surface area contributed by atoms with Crippen LogP contribution in [0.2, 0.25) is 0 Å². The number of hydrogen-bond acceptors (Lipinski definition) is 2. The third-order valence-electron chi connectivity index (χ3n) is 2.61. The third kappa shape index (κ3) is 7.30. The second-order valence-corrected chi connectivity index (χ2v) is 4.76. The second-order valence-electron chi connectivity index (χ2n) is 4.76. The van der Waals surface area contributed by atoms with E-state index >= 15 is 0 Å². The maximum Gasteiger partial charge on any atom is 0.102 e. The number of rotatable bonds is 8. The minimum atomic E-state index is 0.289. The molecule has 0 heterocycles. The van der Waals surface area contributed by atoms with Gasteiger partial charge in [-0.25, -0.2) is 0 Å². The van der Waals surface area contributed by atoms with Crippen LogP contribution in [0.1, 0.15) is 19.8 Å². The molecule has 0 aromatic heterocycles. The molecule has 0 atom stereocenters. The first kappa shape index (κ1) is 13.9. The number of aliphatic hydroxyl groups excluding tert-OH is 1. The topological polar surface area (TPSA) is 23.5 Å². The van der Waals surface area contributed by atoms with Crippen LogP contribution in [0.4, 0.5) is 0 Å². The Labute approximate surface area is 88.9 Å². The smallest absolute Gasteiger partial charge is 0.102 e. The highest BCUT2D eigenvalue weighted by molar-refractivity contribution is 4.49. The number of aliphatic hydroxyl groups is 1. The van der Waals surface area contributed by atoms with Gasteiger partial charge >= 0.3 is 0 Å². The van der Waals surface area contributed by atoms with Crippen molar-refractivity contribution in [1.29, 1.82) is 0 Å². The SMILES string of the molecule is CCCN(C)CCC[N+](C)(C)CCO. The highest BCUT2D eigenvalue weighted by atomic mass is 16.3. The van der Waals surface area contributed by atoms with Gasteiger partial charge in [0.1, 0.15) is 6.54 Å². The number of likely N-dealkylation sites (N-methyl/N-ethyl adjacent to an activating group) is 1. The molecule has 0 aromatic rings. The molecule has 0 amide bonds. The van der Waals surface area contributed by atoms with Crippen LogP contribution in [0.5, 0.6) is 0 Å². The van der Waals surface area contributed by atoms with E-state index in [1.807, 2.05) is 0 Å². The molecule has 0 aromatic carbocycles. The largest absolute Gasteiger partial charge is 0.391 e. The molecule has 1 N–H and O–H groups in total. The maximum atomic E-state index is 8.87. The van der Waals surface area contributed by atoms with E-state index in [0.29, 0.717) is 0 Å². The molecule has 0 saturated heterocycles. The summed E-state index contributed by atoms with van der Waals surface area (Å²) in [4.78, 5) is 2.37. The molecule has 0 spiro atoms. The molecule has 3 nitrogen and oxygen atoms in total. The standard InChI is InChI=1S/C11H27N2O/c1-5-7-12(2)8-6-9-13(3,4)10-11-14/h14H,5-11H2,1-4H3/q+1. The third-order valence-corrected chi connectivity index (χ3v) is 2.61. The Morgan fingerprint density at radius 2 is 1.79 bits per heavy atom. The molecule has 86 valence electrons. The van der Waals surface area contributed by atoms with Gasteiger partial charge in [-0.05, 0) is 20.0 Å². The zero-order valence-electron chi connectivity index (χ0n) is 10.3. The fourth-order valence-corrected chi connectivity index (χ4v) is 1.64. The van der Waals surface area contributed by atoms with Crippen LogP contribution in [0.25, 0.3) is 0 Å². The lowest BCUT2D eigenvalue weighted by atomic mass is 10.3. The zero-order valence-corrected chi connectivity index (χ0v) is 10.3. The van der Waals surface area contributed by atoms with Crippen LogP contribution in [0.3, 0.4) is 0 Å². The Morgan fingerprint density at radius 3 is 2.29 bits per heavy atom. The first-order valence-corrected chi connectivity index (χ1v) is 5.63. The van der Waals surface area contributed by atoms with Gasteiger partial charge in [-0.2, -0.15) is 0 Å². The summed E-state index contributed by atoms with van der Waals surface area (Å²) in [7, 11) is 6.53. The van der Waals surface area contributed by atoms with Gasteiger partial charge in [-0.3, -0.25) is 0 Å². The molecule has 0 aliphatic carbocycles. The summed E-state index contributed by atoms with van der Waals surface area (Å²) in [6, 6.07) is 0. The first-order chi connectivity index (χ1) is 6.52. The Balaban J connectivity index is 3.51. The lowest BCUT2D eigenvalue weighted by molar-refractivity contribution is -0.890. The van der Waals surface area contributed by atoms with Crippen LogP contribution in [-0.4, -0.2) is 68.4 Å². The van der Waals surface area contributed by atoms with Gasteiger partial charge < -0.3 is 14.5 Å². The molecule has 14 heavy (non-hydrogen) atoms. The van der Waals surface area contributed by atoms with Crippen molar-refractivity contribution in [2.24, 2.45) is 0 Å². The van der Waals surface area contributed by atoms with E-state index in [1.165, 1.54) is 25.9 Å². The summed E-state index contributed by atoms with van der Waals surface area (Å²) in [5.41, 5.74) is 0. The van der Waals surface area contributed by atoms with Gasteiger partial charge in [0.05, 0.1) is 27.2 Å². The van der Waals surface area contributed by atoms with E-state index in [1.54, 1.807) is 0 Å². The van der Waals surface area contributed by atoms with Crippen molar-refractivity contribution in [1.82, 2.24) is 4.90 Å². The minimum Gasteiger partial charge on any atom is -0.391 e. The Kier molecular flexibility index (Phi) is 7.15. The van der Waals surface area contributed by atoms with E-state index in [9.17, 15) is 0 Å². The number of quaternary nitrogens is 1. The molecule has 0 rings (SSSR count). The zero-order chi connectivity index (χ0) is 11.0. The van der Waals surface area contributed by atoms with E-state index in [4.69, 9.17) is 5.11 Å². The van der Waals surface area contributed by atoms with Crippen molar-refractivity contribution in [3.8, 4) is 0 Å². The first-order valence-electron chi connectivity index (χ1n) is 5.63.